The fourth-order valence-electron chi connectivity index (χ4n) is 2.62. The molecule has 0 aliphatic carbocycles. The summed E-state index contributed by atoms with van der Waals surface area (Å²) in [6.07, 6.45) is 1.60. The van der Waals surface area contributed by atoms with Crippen LogP contribution in [0.2, 0.25) is 10.0 Å². The van der Waals surface area contributed by atoms with Crippen molar-refractivity contribution in [3.8, 4) is 11.5 Å². The van der Waals surface area contributed by atoms with E-state index in [1.54, 1.807) is 41.2 Å². The van der Waals surface area contributed by atoms with Crippen molar-refractivity contribution >= 4 is 34.9 Å². The second-order valence-corrected chi connectivity index (χ2v) is 6.39. The lowest BCUT2D eigenvalue weighted by Gasteiger charge is -2.11. The molecule has 0 saturated heterocycles. The molecule has 8 heteroatoms. The molecule has 1 aliphatic heterocycles. The number of nitrogens with zero attached hydrogens (tertiary/aromatic N) is 2. The number of amides is 1. The van der Waals surface area contributed by atoms with Gasteiger partial charge in [-0.05, 0) is 29.8 Å². The molecule has 0 atom stereocenters. The van der Waals surface area contributed by atoms with Crippen LogP contribution in [0.15, 0.2) is 48.7 Å². The van der Waals surface area contributed by atoms with Crippen molar-refractivity contribution in [1.29, 1.82) is 0 Å². The highest BCUT2D eigenvalue weighted by molar-refractivity contribution is 6.42. The maximum absolute atomic E-state index is 12.5. The van der Waals surface area contributed by atoms with Crippen molar-refractivity contribution in [3.63, 3.8) is 0 Å². The molecule has 26 heavy (non-hydrogen) atoms. The Bertz CT molecular complexity index is 988. The minimum atomic E-state index is -0.276. The molecular weight excluding hydrogens is 377 g/mol. The van der Waals surface area contributed by atoms with E-state index >= 15 is 0 Å². The summed E-state index contributed by atoms with van der Waals surface area (Å²) in [4.78, 5) is 12.5. The fraction of sp³-hybridized carbons (Fsp3) is 0.111. The van der Waals surface area contributed by atoms with Gasteiger partial charge in [-0.3, -0.25) is 4.79 Å². The van der Waals surface area contributed by atoms with Crippen LogP contribution >= 0.6 is 23.2 Å². The number of aromatic nitrogens is 2. The minimum absolute atomic E-state index is 0.160. The Morgan fingerprint density at radius 2 is 2.00 bits per heavy atom. The number of halogens is 2. The quantitative estimate of drug-likeness (QED) is 0.725. The van der Waals surface area contributed by atoms with E-state index in [1.165, 1.54) is 0 Å². The molecule has 3 aromatic rings. The summed E-state index contributed by atoms with van der Waals surface area (Å²) in [6.45, 7) is 0.538. The summed E-state index contributed by atoms with van der Waals surface area (Å²) in [7, 11) is 0. The molecule has 1 N–H and O–H groups in total. The van der Waals surface area contributed by atoms with Crippen LogP contribution in [-0.4, -0.2) is 22.5 Å². The van der Waals surface area contributed by atoms with Gasteiger partial charge < -0.3 is 14.8 Å². The number of nitrogens with one attached hydrogen (secondary N) is 1. The van der Waals surface area contributed by atoms with Crippen LogP contribution in [0.5, 0.6) is 11.5 Å². The largest absolute Gasteiger partial charge is 0.454 e. The number of anilines is 1. The first kappa shape index (κ1) is 16.8. The predicted molar refractivity (Wildman–Crippen MR) is 98.3 cm³/mol. The van der Waals surface area contributed by atoms with Gasteiger partial charge in [-0.1, -0.05) is 35.3 Å². The van der Waals surface area contributed by atoms with Gasteiger partial charge in [-0.15, -0.1) is 0 Å². The molecule has 6 nitrogen and oxygen atoms in total. The van der Waals surface area contributed by atoms with Crippen LogP contribution in [0.3, 0.4) is 0 Å². The first-order valence-electron chi connectivity index (χ1n) is 7.77. The van der Waals surface area contributed by atoms with Gasteiger partial charge in [-0.25, -0.2) is 4.68 Å². The zero-order valence-corrected chi connectivity index (χ0v) is 14.9. The highest BCUT2D eigenvalue weighted by Gasteiger charge is 2.17. The van der Waals surface area contributed by atoms with E-state index in [9.17, 15) is 4.79 Å². The average Bonchev–Trinajstić information content (AvgIpc) is 3.27. The van der Waals surface area contributed by atoms with Crippen LogP contribution in [0.25, 0.3) is 0 Å². The van der Waals surface area contributed by atoms with E-state index in [-0.39, 0.29) is 12.7 Å². The number of rotatable bonds is 4. The standard InChI is InChI=1S/C18H13Cl2N3O3/c19-13-3-1-2-12(17(13)20)9-23-16(6-7-21-23)22-18(24)11-4-5-14-15(8-11)26-10-25-14/h1-8H,9-10H2,(H,22,24). The van der Waals surface area contributed by atoms with Gasteiger partial charge in [0.25, 0.3) is 5.91 Å². The zero-order valence-electron chi connectivity index (χ0n) is 13.4. The Morgan fingerprint density at radius 1 is 1.15 bits per heavy atom. The number of ether oxygens (including phenoxy) is 2. The van der Waals surface area contributed by atoms with Crippen molar-refractivity contribution in [1.82, 2.24) is 9.78 Å². The molecule has 0 radical (unpaired) electrons. The second kappa shape index (κ2) is 6.90. The third kappa shape index (κ3) is 3.21. The van der Waals surface area contributed by atoms with Gasteiger partial charge >= 0.3 is 0 Å². The first-order chi connectivity index (χ1) is 12.6. The van der Waals surface area contributed by atoms with Crippen LogP contribution < -0.4 is 14.8 Å². The Labute approximate surface area is 159 Å². The molecule has 0 saturated carbocycles. The van der Waals surface area contributed by atoms with E-state index in [4.69, 9.17) is 32.7 Å². The highest BCUT2D eigenvalue weighted by atomic mass is 35.5. The first-order valence-corrected chi connectivity index (χ1v) is 8.53. The topological polar surface area (TPSA) is 65.4 Å². The lowest BCUT2D eigenvalue weighted by atomic mass is 10.2. The average molecular weight is 390 g/mol. The highest BCUT2D eigenvalue weighted by Crippen LogP contribution is 2.32. The number of hydrogen-bond acceptors (Lipinski definition) is 4. The molecule has 2 aromatic carbocycles. The van der Waals surface area contributed by atoms with Crippen molar-refractivity contribution in [2.75, 3.05) is 12.1 Å². The molecule has 0 bridgehead atoms. The molecule has 132 valence electrons. The smallest absolute Gasteiger partial charge is 0.256 e. The summed E-state index contributed by atoms with van der Waals surface area (Å²) in [6, 6.07) is 12.1. The molecule has 0 spiro atoms. The number of hydrogen-bond donors (Lipinski definition) is 1. The molecular formula is C18H13Cl2N3O3. The maximum atomic E-state index is 12.5. The zero-order chi connectivity index (χ0) is 18.1. The van der Waals surface area contributed by atoms with Gasteiger partial charge in [0.15, 0.2) is 11.5 Å². The van der Waals surface area contributed by atoms with Gasteiger partial charge in [0.1, 0.15) is 5.82 Å². The Kier molecular flexibility index (Phi) is 4.44. The predicted octanol–water partition coefficient (Wildman–Crippen LogP) is 4.22. The van der Waals surface area contributed by atoms with Crippen molar-refractivity contribution in [2.45, 2.75) is 6.54 Å². The van der Waals surface area contributed by atoms with Gasteiger partial charge in [0, 0.05) is 11.6 Å². The SMILES string of the molecule is O=C(Nc1ccnn1Cc1cccc(Cl)c1Cl)c1ccc2c(c1)OCO2. The van der Waals surface area contributed by atoms with Crippen molar-refractivity contribution in [2.24, 2.45) is 0 Å². The molecule has 0 fully saturated rings. The van der Waals surface area contributed by atoms with Gasteiger partial charge in [0.2, 0.25) is 6.79 Å². The third-order valence-corrected chi connectivity index (χ3v) is 4.80. The lowest BCUT2D eigenvalue weighted by Crippen LogP contribution is -2.16. The molecule has 2 heterocycles. The van der Waals surface area contributed by atoms with Crippen LogP contribution in [0, 0.1) is 0 Å². The van der Waals surface area contributed by atoms with Gasteiger partial charge in [-0.2, -0.15) is 5.10 Å². The minimum Gasteiger partial charge on any atom is -0.454 e. The van der Waals surface area contributed by atoms with E-state index in [0.29, 0.717) is 39.5 Å². The number of carbonyl (C=O) groups excluding carboxylic acids is 1. The van der Waals surface area contributed by atoms with E-state index in [1.807, 2.05) is 12.1 Å². The number of carbonyl (C=O) groups is 1. The fourth-order valence-corrected chi connectivity index (χ4v) is 3.00. The molecule has 4 rings (SSSR count). The van der Waals surface area contributed by atoms with Gasteiger partial charge in [0.05, 0.1) is 22.8 Å². The third-order valence-electron chi connectivity index (χ3n) is 3.94. The lowest BCUT2D eigenvalue weighted by molar-refractivity contribution is 0.102. The summed E-state index contributed by atoms with van der Waals surface area (Å²) in [5, 5.41) is 8.03. The van der Waals surface area contributed by atoms with Crippen molar-refractivity contribution < 1.29 is 14.3 Å². The summed E-state index contributed by atoms with van der Waals surface area (Å²) in [5.74, 6) is 1.45. The molecule has 1 aliphatic rings. The summed E-state index contributed by atoms with van der Waals surface area (Å²) in [5.41, 5.74) is 1.27. The Morgan fingerprint density at radius 3 is 2.88 bits per heavy atom. The Balaban J connectivity index is 1.54. The monoisotopic (exact) mass is 389 g/mol. The summed E-state index contributed by atoms with van der Waals surface area (Å²) >= 11 is 12.3. The number of benzene rings is 2. The molecule has 1 amide bonds. The van der Waals surface area contributed by atoms with Crippen molar-refractivity contribution in [3.05, 3.63) is 69.8 Å². The maximum Gasteiger partial charge on any atom is 0.256 e. The van der Waals surface area contributed by atoms with Crippen LogP contribution in [0.1, 0.15) is 15.9 Å². The molecule has 1 aromatic heterocycles. The second-order valence-electron chi connectivity index (χ2n) is 5.61. The summed E-state index contributed by atoms with van der Waals surface area (Å²) < 4.78 is 12.2. The Hall–Kier alpha value is -2.70. The molecule has 0 unspecified atom stereocenters. The van der Waals surface area contributed by atoms with E-state index in [0.717, 1.165) is 5.56 Å². The van der Waals surface area contributed by atoms with Crippen LogP contribution in [0.4, 0.5) is 5.82 Å². The van der Waals surface area contributed by atoms with E-state index < -0.39 is 0 Å². The normalized spacial score (nSPS) is 12.2. The van der Waals surface area contributed by atoms with Crippen LogP contribution in [-0.2, 0) is 6.54 Å². The van der Waals surface area contributed by atoms with E-state index in [2.05, 4.69) is 10.4 Å². The number of fused-ring (bicyclic) bond motifs is 1.